The molecule has 19 heavy (non-hydrogen) atoms. The van der Waals surface area contributed by atoms with Gasteiger partial charge in [0.25, 0.3) is 0 Å². The van der Waals surface area contributed by atoms with Gasteiger partial charge in [-0.1, -0.05) is 13.8 Å². The van der Waals surface area contributed by atoms with Crippen molar-refractivity contribution in [2.75, 3.05) is 0 Å². The lowest BCUT2D eigenvalue weighted by Crippen LogP contribution is -2.07. The van der Waals surface area contributed by atoms with E-state index in [2.05, 4.69) is 47.3 Å². The van der Waals surface area contributed by atoms with Crippen molar-refractivity contribution in [2.24, 2.45) is 5.92 Å². The molecular formula is C14H19N5. The second-order valence-electron chi connectivity index (χ2n) is 5.59. The highest BCUT2D eigenvalue weighted by Crippen LogP contribution is 2.27. The molecule has 0 spiro atoms. The van der Waals surface area contributed by atoms with Crippen molar-refractivity contribution in [2.45, 2.75) is 41.2 Å². The maximum atomic E-state index is 4.58. The van der Waals surface area contributed by atoms with Gasteiger partial charge in [-0.05, 0) is 32.3 Å². The molecule has 0 aliphatic rings. The first-order valence-corrected chi connectivity index (χ1v) is 6.66. The van der Waals surface area contributed by atoms with Crippen molar-refractivity contribution in [3.8, 4) is 0 Å². The molecule has 0 aliphatic heterocycles. The first kappa shape index (κ1) is 12.1. The van der Waals surface area contributed by atoms with Gasteiger partial charge < -0.3 is 4.57 Å². The van der Waals surface area contributed by atoms with Crippen LogP contribution in [0.3, 0.4) is 0 Å². The van der Waals surface area contributed by atoms with Crippen LogP contribution in [-0.2, 0) is 6.54 Å². The fourth-order valence-corrected chi connectivity index (χ4v) is 2.63. The van der Waals surface area contributed by atoms with Gasteiger partial charge in [0.1, 0.15) is 17.8 Å². The Labute approximate surface area is 112 Å². The molecule has 3 heterocycles. The molecule has 3 aromatic heterocycles. The van der Waals surface area contributed by atoms with E-state index in [-0.39, 0.29) is 0 Å². The lowest BCUT2D eigenvalue weighted by molar-refractivity contribution is 0.524. The summed E-state index contributed by atoms with van der Waals surface area (Å²) < 4.78 is 4.06. The summed E-state index contributed by atoms with van der Waals surface area (Å²) in [6.07, 6.45) is 1.76. The molecular weight excluding hydrogens is 238 g/mol. The van der Waals surface area contributed by atoms with Gasteiger partial charge in [0.05, 0.1) is 5.39 Å². The van der Waals surface area contributed by atoms with E-state index in [1.165, 1.54) is 11.3 Å². The second kappa shape index (κ2) is 4.05. The number of aromatic nitrogens is 5. The molecule has 0 aliphatic carbocycles. The van der Waals surface area contributed by atoms with Crippen molar-refractivity contribution in [1.29, 1.82) is 0 Å². The number of fused-ring (bicyclic) bond motifs is 3. The fraction of sp³-hybridized carbons (Fsp3) is 0.500. The second-order valence-corrected chi connectivity index (χ2v) is 5.59. The molecule has 0 N–H and O–H groups in total. The molecule has 0 amide bonds. The zero-order chi connectivity index (χ0) is 13.7. The van der Waals surface area contributed by atoms with Crippen LogP contribution in [0.5, 0.6) is 0 Å². The van der Waals surface area contributed by atoms with Crippen LogP contribution >= 0.6 is 0 Å². The molecule has 0 bridgehead atoms. The Bertz CT molecular complexity index is 763. The quantitative estimate of drug-likeness (QED) is 0.709. The maximum absolute atomic E-state index is 4.58. The molecule has 0 radical (unpaired) electrons. The van der Waals surface area contributed by atoms with Crippen LogP contribution in [0.4, 0.5) is 0 Å². The van der Waals surface area contributed by atoms with Gasteiger partial charge in [0, 0.05) is 12.2 Å². The van der Waals surface area contributed by atoms with Crippen molar-refractivity contribution >= 4 is 16.7 Å². The van der Waals surface area contributed by atoms with Crippen LogP contribution in [0.2, 0.25) is 0 Å². The first-order chi connectivity index (χ1) is 8.99. The van der Waals surface area contributed by atoms with E-state index in [4.69, 9.17) is 0 Å². The Kier molecular flexibility index (Phi) is 2.59. The van der Waals surface area contributed by atoms with Crippen LogP contribution in [0.1, 0.15) is 30.9 Å². The Morgan fingerprint density at radius 3 is 2.58 bits per heavy atom. The summed E-state index contributed by atoms with van der Waals surface area (Å²) in [5.41, 5.74) is 4.44. The van der Waals surface area contributed by atoms with Gasteiger partial charge in [-0.2, -0.15) is 5.10 Å². The van der Waals surface area contributed by atoms with Crippen molar-refractivity contribution < 1.29 is 0 Å². The summed E-state index contributed by atoms with van der Waals surface area (Å²) >= 11 is 0. The SMILES string of the molecule is Cc1nc2c3c(C)c(C)n(CC(C)C)c3ncn2n1. The maximum Gasteiger partial charge on any atom is 0.168 e. The number of hydrogen-bond acceptors (Lipinski definition) is 3. The Hall–Kier alpha value is -1.91. The molecule has 0 saturated heterocycles. The van der Waals surface area contributed by atoms with Crippen LogP contribution in [0.25, 0.3) is 16.7 Å². The van der Waals surface area contributed by atoms with E-state index < -0.39 is 0 Å². The van der Waals surface area contributed by atoms with Gasteiger partial charge in [-0.25, -0.2) is 14.5 Å². The zero-order valence-corrected chi connectivity index (χ0v) is 12.1. The summed E-state index contributed by atoms with van der Waals surface area (Å²) in [6, 6.07) is 0. The predicted octanol–water partition coefficient (Wildman–Crippen LogP) is 2.66. The summed E-state index contributed by atoms with van der Waals surface area (Å²) in [5.74, 6) is 1.37. The molecule has 3 aromatic rings. The van der Waals surface area contributed by atoms with Gasteiger partial charge in [-0.3, -0.25) is 0 Å². The van der Waals surface area contributed by atoms with Gasteiger partial charge >= 0.3 is 0 Å². The smallest absolute Gasteiger partial charge is 0.168 e. The van der Waals surface area contributed by atoms with E-state index >= 15 is 0 Å². The Morgan fingerprint density at radius 2 is 1.89 bits per heavy atom. The van der Waals surface area contributed by atoms with Crippen LogP contribution in [-0.4, -0.2) is 24.1 Å². The van der Waals surface area contributed by atoms with Crippen molar-refractivity contribution in [3.05, 3.63) is 23.4 Å². The highest BCUT2D eigenvalue weighted by molar-refractivity contribution is 5.93. The topological polar surface area (TPSA) is 48.0 Å². The lowest BCUT2D eigenvalue weighted by atomic mass is 10.2. The number of rotatable bonds is 2. The van der Waals surface area contributed by atoms with E-state index in [1.54, 1.807) is 10.8 Å². The normalized spacial score (nSPS) is 12.1. The first-order valence-electron chi connectivity index (χ1n) is 6.66. The molecule has 0 fully saturated rings. The highest BCUT2D eigenvalue weighted by Gasteiger charge is 2.17. The predicted molar refractivity (Wildman–Crippen MR) is 75.3 cm³/mol. The zero-order valence-electron chi connectivity index (χ0n) is 12.1. The van der Waals surface area contributed by atoms with Crippen molar-refractivity contribution in [1.82, 2.24) is 24.1 Å². The van der Waals surface area contributed by atoms with Crippen LogP contribution < -0.4 is 0 Å². The molecule has 0 saturated carbocycles. The third kappa shape index (κ3) is 1.72. The number of aryl methyl sites for hydroxylation is 2. The summed E-state index contributed by atoms with van der Waals surface area (Å²) in [4.78, 5) is 9.12. The molecule has 5 heteroatoms. The van der Waals surface area contributed by atoms with Gasteiger partial charge in [0.15, 0.2) is 5.65 Å². The fourth-order valence-electron chi connectivity index (χ4n) is 2.63. The average Bonchev–Trinajstić information content (AvgIpc) is 2.81. The largest absolute Gasteiger partial charge is 0.329 e. The van der Waals surface area contributed by atoms with Crippen LogP contribution in [0, 0.1) is 26.7 Å². The Balaban J connectivity index is 2.41. The minimum atomic E-state index is 0.589. The Morgan fingerprint density at radius 1 is 1.16 bits per heavy atom. The summed E-state index contributed by atoms with van der Waals surface area (Å²) in [5, 5.41) is 5.46. The molecule has 100 valence electrons. The average molecular weight is 257 g/mol. The van der Waals surface area contributed by atoms with E-state index in [9.17, 15) is 0 Å². The van der Waals surface area contributed by atoms with E-state index in [1.807, 2.05) is 6.92 Å². The number of hydrogen-bond donors (Lipinski definition) is 0. The third-order valence-electron chi connectivity index (χ3n) is 3.60. The van der Waals surface area contributed by atoms with E-state index in [0.717, 1.165) is 29.0 Å². The molecule has 3 rings (SSSR count). The molecule has 0 atom stereocenters. The lowest BCUT2D eigenvalue weighted by Gasteiger charge is -2.10. The van der Waals surface area contributed by atoms with Crippen LogP contribution in [0.15, 0.2) is 6.33 Å². The standard InChI is InChI=1S/C14H19N5/c1-8(2)6-18-10(4)9(3)12-13(18)15-7-19-14(12)16-11(5)17-19/h7-8H,6H2,1-5H3. The van der Waals surface area contributed by atoms with Gasteiger partial charge in [0.2, 0.25) is 0 Å². The monoisotopic (exact) mass is 257 g/mol. The number of nitrogens with zero attached hydrogens (tertiary/aromatic N) is 5. The van der Waals surface area contributed by atoms with Crippen molar-refractivity contribution in [3.63, 3.8) is 0 Å². The molecule has 5 nitrogen and oxygen atoms in total. The minimum absolute atomic E-state index is 0.589. The molecule has 0 unspecified atom stereocenters. The summed E-state index contributed by atoms with van der Waals surface area (Å²) in [6.45, 7) is 11.6. The van der Waals surface area contributed by atoms with E-state index in [0.29, 0.717) is 5.92 Å². The third-order valence-corrected chi connectivity index (χ3v) is 3.60. The molecule has 0 aromatic carbocycles. The summed E-state index contributed by atoms with van der Waals surface area (Å²) in [7, 11) is 0. The highest BCUT2D eigenvalue weighted by atomic mass is 15.3. The minimum Gasteiger partial charge on any atom is -0.329 e. The van der Waals surface area contributed by atoms with Gasteiger partial charge in [-0.15, -0.1) is 0 Å².